The highest BCUT2D eigenvalue weighted by Crippen LogP contribution is 2.17. The van der Waals surface area contributed by atoms with Crippen LogP contribution in [0, 0.1) is 10.1 Å². The highest BCUT2D eigenvalue weighted by atomic mass is 35.5. The summed E-state index contributed by atoms with van der Waals surface area (Å²) in [5.41, 5.74) is 0.710. The molecule has 0 atom stereocenters. The van der Waals surface area contributed by atoms with E-state index in [1.165, 1.54) is 6.07 Å². The van der Waals surface area contributed by atoms with Gasteiger partial charge in [-0.05, 0) is 23.8 Å². The van der Waals surface area contributed by atoms with E-state index in [1.807, 2.05) is 0 Å². The van der Waals surface area contributed by atoms with E-state index in [2.05, 4.69) is 0 Å². The molecule has 0 N–H and O–H groups in total. The van der Waals surface area contributed by atoms with Crippen LogP contribution in [0.4, 0.5) is 5.88 Å². The van der Waals surface area contributed by atoms with Crippen molar-refractivity contribution in [3.05, 3.63) is 62.9 Å². The molecule has 0 aliphatic carbocycles. The van der Waals surface area contributed by atoms with Crippen molar-refractivity contribution in [1.82, 2.24) is 0 Å². The summed E-state index contributed by atoms with van der Waals surface area (Å²) < 4.78 is 9.67. The Bertz CT molecular complexity index is 622. The van der Waals surface area contributed by atoms with Gasteiger partial charge in [0.25, 0.3) is 0 Å². The molecule has 2 rings (SSSR count). The number of benzene rings is 1. The number of carbonyl (C=O) groups is 1. The van der Waals surface area contributed by atoms with E-state index in [0.717, 1.165) is 6.07 Å². The maximum absolute atomic E-state index is 11.6. The van der Waals surface area contributed by atoms with Crippen molar-refractivity contribution in [1.29, 1.82) is 0 Å². The molecule has 1 aromatic carbocycles. The SMILES string of the molecule is O=C(OCc1cccc(Cl)c1)c1ccc([N+](=O)[O-])o1. The molecule has 0 unspecified atom stereocenters. The molecule has 0 saturated carbocycles. The van der Waals surface area contributed by atoms with Gasteiger partial charge in [0.2, 0.25) is 5.76 Å². The first kappa shape index (κ1) is 13.1. The van der Waals surface area contributed by atoms with Crippen LogP contribution < -0.4 is 0 Å². The first-order chi connectivity index (χ1) is 9.06. The van der Waals surface area contributed by atoms with Crippen LogP contribution in [0.5, 0.6) is 0 Å². The Morgan fingerprint density at radius 3 is 2.79 bits per heavy atom. The molecule has 0 saturated heterocycles. The zero-order valence-corrected chi connectivity index (χ0v) is 10.3. The Morgan fingerprint density at radius 2 is 2.16 bits per heavy atom. The summed E-state index contributed by atoms with van der Waals surface area (Å²) in [6, 6.07) is 9.10. The summed E-state index contributed by atoms with van der Waals surface area (Å²) in [6.45, 7) is 0.00783. The third-order valence-corrected chi connectivity index (χ3v) is 2.47. The topological polar surface area (TPSA) is 82.6 Å². The summed E-state index contributed by atoms with van der Waals surface area (Å²) in [6.07, 6.45) is 0. The zero-order valence-electron chi connectivity index (χ0n) is 9.54. The molecule has 7 heteroatoms. The highest BCUT2D eigenvalue weighted by molar-refractivity contribution is 6.30. The average Bonchev–Trinajstić information content (AvgIpc) is 2.86. The first-order valence-electron chi connectivity index (χ1n) is 5.22. The molecule has 1 aromatic heterocycles. The molecule has 19 heavy (non-hydrogen) atoms. The van der Waals surface area contributed by atoms with Gasteiger partial charge >= 0.3 is 11.9 Å². The number of hydrogen-bond donors (Lipinski definition) is 0. The van der Waals surface area contributed by atoms with Crippen LogP contribution in [-0.2, 0) is 11.3 Å². The molecular formula is C12H8ClNO5. The number of ether oxygens (including phenoxy) is 1. The quantitative estimate of drug-likeness (QED) is 0.488. The number of halogens is 1. The minimum Gasteiger partial charge on any atom is -0.455 e. The third kappa shape index (κ3) is 3.32. The van der Waals surface area contributed by atoms with Gasteiger partial charge in [0.1, 0.15) is 11.5 Å². The second-order valence-corrected chi connectivity index (χ2v) is 4.04. The summed E-state index contributed by atoms with van der Waals surface area (Å²) in [5.74, 6) is -1.49. The molecular weight excluding hydrogens is 274 g/mol. The molecule has 0 aliphatic heterocycles. The standard InChI is InChI=1S/C12H8ClNO5/c13-9-3-1-2-8(6-9)7-18-12(15)10-4-5-11(19-10)14(16)17/h1-6H,7H2. The van der Waals surface area contributed by atoms with Crippen LogP contribution in [0.2, 0.25) is 5.02 Å². The number of furan rings is 1. The predicted molar refractivity (Wildman–Crippen MR) is 65.9 cm³/mol. The number of nitrogens with zero attached hydrogens (tertiary/aromatic N) is 1. The van der Waals surface area contributed by atoms with Crippen molar-refractivity contribution in [3.63, 3.8) is 0 Å². The maximum Gasteiger partial charge on any atom is 0.433 e. The monoisotopic (exact) mass is 281 g/mol. The van der Waals surface area contributed by atoms with Gasteiger partial charge in [-0.15, -0.1) is 0 Å². The second kappa shape index (κ2) is 5.53. The smallest absolute Gasteiger partial charge is 0.433 e. The van der Waals surface area contributed by atoms with Gasteiger partial charge in [-0.3, -0.25) is 10.1 Å². The number of nitro groups is 1. The van der Waals surface area contributed by atoms with Crippen LogP contribution in [0.1, 0.15) is 16.1 Å². The Labute approximate surface area is 112 Å². The van der Waals surface area contributed by atoms with E-state index in [1.54, 1.807) is 24.3 Å². The minimum absolute atomic E-state index is 0.00783. The van der Waals surface area contributed by atoms with Crippen LogP contribution in [0.25, 0.3) is 0 Å². The largest absolute Gasteiger partial charge is 0.455 e. The highest BCUT2D eigenvalue weighted by Gasteiger charge is 2.18. The van der Waals surface area contributed by atoms with Crippen molar-refractivity contribution in [3.8, 4) is 0 Å². The fraction of sp³-hybridized carbons (Fsp3) is 0.0833. The van der Waals surface area contributed by atoms with Crippen LogP contribution in [0.15, 0.2) is 40.8 Å². The average molecular weight is 282 g/mol. The number of carbonyl (C=O) groups excluding carboxylic acids is 1. The van der Waals surface area contributed by atoms with Gasteiger partial charge in [0.05, 0.1) is 6.07 Å². The van der Waals surface area contributed by atoms with Crippen LogP contribution in [0.3, 0.4) is 0 Å². The van der Waals surface area contributed by atoms with E-state index in [0.29, 0.717) is 10.6 Å². The number of esters is 1. The minimum atomic E-state index is -0.770. The lowest BCUT2D eigenvalue weighted by Gasteiger charge is -2.03. The molecule has 2 aromatic rings. The van der Waals surface area contributed by atoms with E-state index < -0.39 is 16.8 Å². The van der Waals surface area contributed by atoms with Crippen molar-refractivity contribution in [2.75, 3.05) is 0 Å². The lowest BCUT2D eigenvalue weighted by Crippen LogP contribution is -2.03. The van der Waals surface area contributed by atoms with Crippen LogP contribution >= 0.6 is 11.6 Å². The molecule has 0 amide bonds. The van der Waals surface area contributed by atoms with Gasteiger partial charge in [-0.2, -0.15) is 0 Å². The summed E-state index contributed by atoms with van der Waals surface area (Å²) in [5, 5.41) is 10.9. The van der Waals surface area contributed by atoms with Crippen molar-refractivity contribution in [2.24, 2.45) is 0 Å². The van der Waals surface area contributed by atoms with Crippen molar-refractivity contribution >= 4 is 23.5 Å². The predicted octanol–water partition coefficient (Wildman–Crippen LogP) is 3.20. The van der Waals surface area contributed by atoms with E-state index in [4.69, 9.17) is 20.8 Å². The summed E-state index contributed by atoms with van der Waals surface area (Å²) in [7, 11) is 0. The molecule has 0 radical (unpaired) electrons. The molecule has 6 nitrogen and oxygen atoms in total. The third-order valence-electron chi connectivity index (χ3n) is 2.23. The number of rotatable bonds is 4. The van der Waals surface area contributed by atoms with Gasteiger partial charge < -0.3 is 9.15 Å². The Kier molecular flexibility index (Phi) is 3.82. The zero-order chi connectivity index (χ0) is 13.8. The Morgan fingerprint density at radius 1 is 1.37 bits per heavy atom. The van der Waals surface area contributed by atoms with Gasteiger partial charge in [0, 0.05) is 5.02 Å². The fourth-order valence-corrected chi connectivity index (χ4v) is 1.60. The lowest BCUT2D eigenvalue weighted by molar-refractivity contribution is -0.402. The normalized spacial score (nSPS) is 10.2. The van der Waals surface area contributed by atoms with Gasteiger partial charge in [-0.1, -0.05) is 23.7 Å². The van der Waals surface area contributed by atoms with Gasteiger partial charge in [0.15, 0.2) is 0 Å². The Hall–Kier alpha value is -2.34. The lowest BCUT2D eigenvalue weighted by atomic mass is 10.2. The van der Waals surface area contributed by atoms with E-state index >= 15 is 0 Å². The first-order valence-corrected chi connectivity index (χ1v) is 5.60. The molecule has 1 heterocycles. The van der Waals surface area contributed by atoms with Crippen LogP contribution in [-0.4, -0.2) is 10.9 Å². The molecule has 0 fully saturated rings. The molecule has 0 bridgehead atoms. The molecule has 98 valence electrons. The van der Waals surface area contributed by atoms with Gasteiger partial charge in [-0.25, -0.2) is 4.79 Å². The Balaban J connectivity index is 1.99. The maximum atomic E-state index is 11.6. The summed E-state index contributed by atoms with van der Waals surface area (Å²) >= 11 is 5.78. The second-order valence-electron chi connectivity index (χ2n) is 3.60. The molecule has 0 aliphatic rings. The van der Waals surface area contributed by atoms with E-state index in [-0.39, 0.29) is 12.4 Å². The van der Waals surface area contributed by atoms with E-state index in [9.17, 15) is 14.9 Å². The number of hydrogen-bond acceptors (Lipinski definition) is 5. The summed E-state index contributed by atoms with van der Waals surface area (Å²) in [4.78, 5) is 21.2. The van der Waals surface area contributed by atoms with Crippen molar-refractivity contribution in [2.45, 2.75) is 6.61 Å². The van der Waals surface area contributed by atoms with Crippen molar-refractivity contribution < 1.29 is 18.9 Å². The molecule has 0 spiro atoms. The fourth-order valence-electron chi connectivity index (χ4n) is 1.38.